The molecule has 22 nitrogen and oxygen atoms in total. The predicted octanol–water partition coefficient (Wildman–Crippen LogP) is 5.86. The normalized spacial score (nSPS) is 11.0. The number of aryl methyl sites for hydroxylation is 1. The van der Waals surface area contributed by atoms with Crippen LogP contribution in [-0.2, 0) is 85.6 Å². The maximum absolute atomic E-state index is 13.2. The number of methoxy groups -OCH3 is 1. The molecule has 0 aliphatic carbocycles. The van der Waals surface area contributed by atoms with E-state index in [9.17, 15) is 27.6 Å². The van der Waals surface area contributed by atoms with Crippen molar-refractivity contribution in [1.82, 2.24) is 20.1 Å². The summed E-state index contributed by atoms with van der Waals surface area (Å²) in [7, 11) is 6.57. The lowest BCUT2D eigenvalue weighted by Crippen LogP contribution is -2.39. The van der Waals surface area contributed by atoms with Gasteiger partial charge in [0.05, 0.1) is 156 Å². The summed E-state index contributed by atoms with van der Waals surface area (Å²) in [4.78, 5) is 53.6. The van der Waals surface area contributed by atoms with E-state index >= 15 is 0 Å². The van der Waals surface area contributed by atoms with Crippen LogP contribution < -0.4 is 22.1 Å². The van der Waals surface area contributed by atoms with Crippen LogP contribution in [0.1, 0.15) is 46.8 Å². The molecule has 4 aromatic rings. The fraction of sp³-hybridized carbons (Fsp3) is 0.571. The van der Waals surface area contributed by atoms with Gasteiger partial charge in [0, 0.05) is 69.5 Å². The molecular formula is C63H98F3N7O15. The number of alkyl halides is 3. The van der Waals surface area contributed by atoms with Crippen LogP contribution in [0.5, 0.6) is 0 Å². The Hall–Kier alpha value is -5.88. The molecule has 6 N–H and O–H groups in total. The number of hydrogen-bond acceptors (Lipinski definition) is 20. The number of aromatic nitrogens is 1. The first-order chi connectivity index (χ1) is 43.0. The molecule has 0 aliphatic heterocycles. The van der Waals surface area contributed by atoms with Crippen LogP contribution in [0.4, 0.5) is 18.9 Å². The van der Waals surface area contributed by atoms with E-state index in [4.69, 9.17) is 56.9 Å². The number of benzene rings is 3. The number of aldehydes is 1. The third-order valence-electron chi connectivity index (χ3n) is 12.3. The lowest BCUT2D eigenvalue weighted by atomic mass is 9.94. The van der Waals surface area contributed by atoms with E-state index in [0.29, 0.717) is 175 Å². The summed E-state index contributed by atoms with van der Waals surface area (Å²) in [5.74, 6) is -0.583. The molecule has 1 aromatic heterocycles. The summed E-state index contributed by atoms with van der Waals surface area (Å²) in [5.41, 5.74) is 14.2. The number of amides is 2. The van der Waals surface area contributed by atoms with Gasteiger partial charge < -0.3 is 93.6 Å². The average Bonchev–Trinajstić information content (AvgIpc) is 1.63. The van der Waals surface area contributed by atoms with Gasteiger partial charge in [-0.25, -0.2) is 0 Å². The number of hydrogen-bond donors (Lipinski definition) is 4. The number of nitrogens with two attached hydrogens (primary N) is 2. The third kappa shape index (κ3) is 37.8. The Bertz CT molecular complexity index is 2380. The maximum Gasteiger partial charge on any atom is 0.416 e. The van der Waals surface area contributed by atoms with Gasteiger partial charge in [-0.1, -0.05) is 42.5 Å². The second kappa shape index (κ2) is 54.1. The van der Waals surface area contributed by atoms with Gasteiger partial charge in [-0.05, 0) is 99.6 Å². The number of nitrogens with one attached hydrogen (secondary N) is 2. The first-order valence-electron chi connectivity index (χ1n) is 29.5. The van der Waals surface area contributed by atoms with Crippen molar-refractivity contribution < 1.29 is 84.5 Å². The number of nitrogens with zero attached hydrogens (tertiary/aromatic N) is 3. The highest BCUT2D eigenvalue weighted by Gasteiger charge is 2.30. The summed E-state index contributed by atoms with van der Waals surface area (Å²) in [6, 6.07) is 22.5. The fourth-order valence-electron chi connectivity index (χ4n) is 7.91. The maximum atomic E-state index is 13.2. The number of carbonyl (C=O) groups is 4. The van der Waals surface area contributed by atoms with Crippen molar-refractivity contribution in [2.24, 2.45) is 11.5 Å². The molecule has 0 radical (unpaired) electrons. The van der Waals surface area contributed by atoms with E-state index < -0.39 is 17.6 Å². The van der Waals surface area contributed by atoms with E-state index in [0.717, 1.165) is 59.2 Å². The van der Waals surface area contributed by atoms with E-state index in [1.54, 1.807) is 31.5 Å². The minimum atomic E-state index is -4.48. The molecule has 0 fully saturated rings. The van der Waals surface area contributed by atoms with Crippen LogP contribution in [0, 0.1) is 0 Å². The van der Waals surface area contributed by atoms with Gasteiger partial charge in [-0.2, -0.15) is 13.2 Å². The molecule has 0 aliphatic rings. The molecule has 2 amide bonds. The average molecular weight is 1250 g/mol. The molecule has 0 atom stereocenters. The van der Waals surface area contributed by atoms with E-state index in [1.165, 1.54) is 25.1 Å². The summed E-state index contributed by atoms with van der Waals surface area (Å²) >= 11 is 0. The minimum absolute atomic E-state index is 0.0185. The second-order valence-corrected chi connectivity index (χ2v) is 18.6. The van der Waals surface area contributed by atoms with Gasteiger partial charge in [0.2, 0.25) is 5.91 Å². The van der Waals surface area contributed by atoms with Crippen molar-refractivity contribution in [2.45, 2.75) is 38.9 Å². The Morgan fingerprint density at radius 2 is 1.12 bits per heavy atom. The fourth-order valence-corrected chi connectivity index (χ4v) is 7.91. The molecule has 1 heterocycles. The van der Waals surface area contributed by atoms with Gasteiger partial charge in [-0.15, -0.1) is 0 Å². The van der Waals surface area contributed by atoms with Crippen molar-refractivity contribution in [3.63, 3.8) is 0 Å². The molecule has 25 heteroatoms. The van der Waals surface area contributed by atoms with Gasteiger partial charge in [0.25, 0.3) is 5.91 Å². The SMILES string of the molecule is C=O.CCNc1ccc(-c2cccc(CCCOCCOCCOCCOCCC(=O)N(CC=O)CCN(C)CCOCCOCCOCCOCCOCCOCCOC)c2)c(-c2cc(C(=O)NCc3cccc(C(F)(F)F)c3)ccn2)c1.CN.CN. The van der Waals surface area contributed by atoms with Crippen molar-refractivity contribution in [3.8, 4) is 22.4 Å². The number of ether oxygens (including phenoxy) is 11. The number of carbonyl (C=O) groups excluding carboxylic acids is 4. The van der Waals surface area contributed by atoms with Crippen LogP contribution in [-0.4, -0.2) is 239 Å². The zero-order valence-corrected chi connectivity index (χ0v) is 52.3. The summed E-state index contributed by atoms with van der Waals surface area (Å²) < 4.78 is 100. The largest absolute Gasteiger partial charge is 0.416 e. The lowest BCUT2D eigenvalue weighted by Gasteiger charge is -2.24. The zero-order valence-electron chi connectivity index (χ0n) is 52.3. The number of likely N-dealkylation sites (N-methyl/N-ethyl adjacent to an activating group) is 1. The molecule has 3 aromatic carbocycles. The van der Waals surface area contributed by atoms with Crippen LogP contribution in [0.25, 0.3) is 22.4 Å². The highest BCUT2D eigenvalue weighted by molar-refractivity contribution is 5.96. The molecule has 4 rings (SSSR count). The molecule has 88 heavy (non-hydrogen) atoms. The number of pyridine rings is 1. The first-order valence-corrected chi connectivity index (χ1v) is 29.5. The number of rotatable bonds is 49. The van der Waals surface area contributed by atoms with Gasteiger partial charge in [-0.3, -0.25) is 14.6 Å². The zero-order chi connectivity index (χ0) is 64.7. The van der Waals surface area contributed by atoms with E-state index in [1.807, 2.05) is 56.0 Å². The standard InChI is InChI=1S/C60H86F3N5O14.2CH5N.CH2O/c1-4-64-54-13-14-55(56(47-54)57-46-52(15-17-65-57)59(71)66-48-50-9-6-12-53(45-50)60(61,62)63)51-11-5-8-49(44-51)10-7-23-73-28-31-77-36-37-78-32-29-74-24-16-58(70)68(20-22-69)19-18-67(2)21-25-75-30-33-79-38-39-81-42-43-82-41-40-80-35-34-76-27-26-72-3;3*1-2/h5-6,8-9,11-15,17,22,44-47,64H,4,7,10,16,18-21,23-43,48H2,1-3H3,(H,66,71);2*2H2,1H3;1H2. The van der Waals surface area contributed by atoms with Crippen LogP contribution in [0.2, 0.25) is 0 Å². The molecule has 0 spiro atoms. The highest BCUT2D eigenvalue weighted by Crippen LogP contribution is 2.35. The van der Waals surface area contributed by atoms with Crippen LogP contribution >= 0.6 is 0 Å². The molecule has 0 unspecified atom stereocenters. The Morgan fingerprint density at radius 3 is 1.67 bits per heavy atom. The molecule has 0 saturated heterocycles. The van der Waals surface area contributed by atoms with Gasteiger partial charge in [0.15, 0.2) is 0 Å². The summed E-state index contributed by atoms with van der Waals surface area (Å²) in [6.07, 6.45) is -0.449. The van der Waals surface area contributed by atoms with Gasteiger partial charge >= 0.3 is 6.18 Å². The molecule has 496 valence electrons. The Balaban J connectivity index is 0.00000625. The Morgan fingerprint density at radius 1 is 0.602 bits per heavy atom. The Labute approximate surface area is 518 Å². The van der Waals surface area contributed by atoms with Crippen molar-refractivity contribution >= 4 is 30.6 Å². The van der Waals surface area contributed by atoms with Crippen molar-refractivity contribution in [2.75, 3.05) is 205 Å². The third-order valence-corrected chi connectivity index (χ3v) is 12.3. The first kappa shape index (κ1) is 80.1. The number of anilines is 1. The summed E-state index contributed by atoms with van der Waals surface area (Å²) in [6.45, 7) is 15.9. The molecular weight excluding hydrogens is 1150 g/mol. The Kier molecular flexibility index (Phi) is 49.3. The van der Waals surface area contributed by atoms with Crippen molar-refractivity contribution in [3.05, 3.63) is 107 Å². The summed E-state index contributed by atoms with van der Waals surface area (Å²) in [5, 5.41) is 6.09. The van der Waals surface area contributed by atoms with E-state index in [-0.39, 0.29) is 32.0 Å². The molecule has 0 saturated carbocycles. The highest BCUT2D eigenvalue weighted by atomic mass is 19.4. The smallest absolute Gasteiger partial charge is 0.385 e. The quantitative estimate of drug-likeness (QED) is 0.0298. The topological polar surface area (TPSA) is 265 Å². The van der Waals surface area contributed by atoms with Gasteiger partial charge in [0.1, 0.15) is 13.1 Å². The van der Waals surface area contributed by atoms with Crippen molar-refractivity contribution in [1.29, 1.82) is 0 Å². The van der Waals surface area contributed by atoms with Crippen LogP contribution in [0.15, 0.2) is 85.1 Å². The number of halogens is 3. The van der Waals surface area contributed by atoms with E-state index in [2.05, 4.69) is 39.2 Å². The lowest BCUT2D eigenvalue weighted by molar-refractivity contribution is -0.137. The predicted molar refractivity (Wildman–Crippen MR) is 332 cm³/mol. The molecule has 0 bridgehead atoms. The second-order valence-electron chi connectivity index (χ2n) is 18.6. The minimum Gasteiger partial charge on any atom is -0.385 e. The monoisotopic (exact) mass is 1250 g/mol. The van der Waals surface area contributed by atoms with Crippen LogP contribution in [0.3, 0.4) is 0 Å².